The molecule has 1 aromatic carbocycles. The topological polar surface area (TPSA) is 54.0 Å². The van der Waals surface area contributed by atoms with Gasteiger partial charge in [0, 0.05) is 11.8 Å². The lowest BCUT2D eigenvalue weighted by Crippen LogP contribution is -2.11. The van der Waals surface area contributed by atoms with Gasteiger partial charge >= 0.3 is 0 Å². The van der Waals surface area contributed by atoms with Gasteiger partial charge in [0.1, 0.15) is 5.82 Å². The Morgan fingerprint density at radius 3 is 2.52 bits per heavy atom. The van der Waals surface area contributed by atoms with Crippen molar-refractivity contribution in [2.45, 2.75) is 0 Å². The van der Waals surface area contributed by atoms with Crippen LogP contribution in [0.4, 0.5) is 26.0 Å². The van der Waals surface area contributed by atoms with Gasteiger partial charge in [-0.25, -0.2) is 13.8 Å². The highest BCUT2D eigenvalue weighted by atomic mass is 32.1. The van der Waals surface area contributed by atoms with Crippen LogP contribution in [0.1, 0.15) is 9.67 Å². The van der Waals surface area contributed by atoms with Crippen LogP contribution in [0.2, 0.25) is 0 Å². The van der Waals surface area contributed by atoms with E-state index in [1.165, 1.54) is 23.6 Å². The van der Waals surface area contributed by atoms with Crippen LogP contribution in [0.5, 0.6) is 0 Å². The largest absolute Gasteiger partial charge is 0.354 e. The second kappa shape index (κ2) is 6.53. The molecule has 2 heterocycles. The maximum atomic E-state index is 13.1. The van der Waals surface area contributed by atoms with E-state index in [2.05, 4.69) is 15.6 Å². The number of pyridine rings is 1. The average molecular weight is 331 g/mol. The van der Waals surface area contributed by atoms with Crippen molar-refractivity contribution in [3.63, 3.8) is 0 Å². The van der Waals surface area contributed by atoms with Gasteiger partial charge < -0.3 is 10.6 Å². The van der Waals surface area contributed by atoms with Crippen LogP contribution in [0.3, 0.4) is 0 Å². The molecule has 0 radical (unpaired) electrons. The molecule has 0 saturated heterocycles. The zero-order valence-electron chi connectivity index (χ0n) is 11.7. The number of benzene rings is 1. The fraction of sp³-hybridized carbons (Fsp3) is 0. The van der Waals surface area contributed by atoms with Gasteiger partial charge in [0.15, 0.2) is 11.6 Å². The molecular weight excluding hydrogens is 320 g/mol. The van der Waals surface area contributed by atoms with E-state index in [0.717, 1.165) is 12.1 Å². The minimum Gasteiger partial charge on any atom is -0.354 e. The van der Waals surface area contributed by atoms with Crippen LogP contribution < -0.4 is 10.6 Å². The summed E-state index contributed by atoms with van der Waals surface area (Å²) in [5.74, 6) is -1.66. The first-order valence-electron chi connectivity index (χ1n) is 6.65. The molecule has 2 N–H and O–H groups in total. The predicted octanol–water partition coefficient (Wildman–Crippen LogP) is 4.42. The number of rotatable bonds is 4. The number of thiophene rings is 1. The highest BCUT2D eigenvalue weighted by Gasteiger charge is 2.08. The van der Waals surface area contributed by atoms with Crippen molar-refractivity contribution in [2.75, 3.05) is 10.6 Å². The fourth-order valence-electron chi connectivity index (χ4n) is 1.87. The summed E-state index contributed by atoms with van der Waals surface area (Å²) < 4.78 is 26.0. The van der Waals surface area contributed by atoms with Crippen molar-refractivity contribution in [1.82, 2.24) is 4.98 Å². The second-order valence-corrected chi connectivity index (χ2v) is 5.57. The van der Waals surface area contributed by atoms with Gasteiger partial charge in [-0.3, -0.25) is 4.79 Å². The van der Waals surface area contributed by atoms with Gasteiger partial charge in [-0.2, -0.15) is 0 Å². The number of anilines is 3. The number of amides is 1. The summed E-state index contributed by atoms with van der Waals surface area (Å²) in [7, 11) is 0. The normalized spacial score (nSPS) is 10.3. The van der Waals surface area contributed by atoms with Crippen LogP contribution in [0.25, 0.3) is 0 Å². The number of hydrogen-bond donors (Lipinski definition) is 2. The van der Waals surface area contributed by atoms with Crippen molar-refractivity contribution in [3.05, 3.63) is 70.6 Å². The molecule has 116 valence electrons. The summed E-state index contributed by atoms with van der Waals surface area (Å²) >= 11 is 1.34. The fourth-order valence-corrected chi connectivity index (χ4v) is 2.49. The first-order valence-corrected chi connectivity index (χ1v) is 7.53. The minimum absolute atomic E-state index is 0.228. The molecule has 0 fully saturated rings. The summed E-state index contributed by atoms with van der Waals surface area (Å²) in [6, 6.07) is 10.3. The van der Waals surface area contributed by atoms with Gasteiger partial charge in [-0.15, -0.1) is 11.3 Å². The summed E-state index contributed by atoms with van der Waals surface area (Å²) in [6.45, 7) is 0. The molecule has 3 aromatic rings. The molecule has 23 heavy (non-hydrogen) atoms. The minimum atomic E-state index is -0.928. The zero-order chi connectivity index (χ0) is 16.2. The standard InChI is InChI=1S/C16H11F2N3OS/c17-12-5-3-10(8-13(12)18)20-11-4-6-15(19-9-11)21-16(22)14-2-1-7-23-14/h1-9,20H,(H,19,21,22). The molecule has 0 atom stereocenters. The van der Waals surface area contributed by atoms with Gasteiger partial charge in [0.05, 0.1) is 16.8 Å². The van der Waals surface area contributed by atoms with Gasteiger partial charge in [0.25, 0.3) is 5.91 Å². The van der Waals surface area contributed by atoms with E-state index < -0.39 is 11.6 Å². The summed E-state index contributed by atoms with van der Waals surface area (Å²) in [5.41, 5.74) is 0.992. The molecule has 0 spiro atoms. The third-order valence-electron chi connectivity index (χ3n) is 2.96. The molecule has 0 aliphatic heterocycles. The maximum Gasteiger partial charge on any atom is 0.266 e. The Hall–Kier alpha value is -2.80. The number of carbonyl (C=O) groups is 1. The predicted molar refractivity (Wildman–Crippen MR) is 86.1 cm³/mol. The number of hydrogen-bond acceptors (Lipinski definition) is 4. The molecule has 0 saturated carbocycles. The van der Waals surface area contributed by atoms with E-state index >= 15 is 0 Å². The van der Waals surface area contributed by atoms with Crippen LogP contribution in [-0.2, 0) is 0 Å². The van der Waals surface area contributed by atoms with Crippen molar-refractivity contribution in [2.24, 2.45) is 0 Å². The monoisotopic (exact) mass is 331 g/mol. The Bertz CT molecular complexity index is 820. The number of halogens is 2. The van der Waals surface area contributed by atoms with Crippen molar-refractivity contribution >= 4 is 34.4 Å². The van der Waals surface area contributed by atoms with E-state index in [9.17, 15) is 13.6 Å². The zero-order valence-corrected chi connectivity index (χ0v) is 12.5. The smallest absolute Gasteiger partial charge is 0.266 e. The number of carbonyl (C=O) groups excluding carboxylic acids is 1. The Morgan fingerprint density at radius 1 is 1.04 bits per heavy atom. The van der Waals surface area contributed by atoms with Crippen LogP contribution in [-0.4, -0.2) is 10.9 Å². The molecule has 7 heteroatoms. The lowest BCUT2D eigenvalue weighted by atomic mass is 10.3. The van der Waals surface area contributed by atoms with E-state index in [0.29, 0.717) is 22.1 Å². The first kappa shape index (κ1) is 15.1. The molecular formula is C16H11F2N3OS. The lowest BCUT2D eigenvalue weighted by molar-refractivity contribution is 0.103. The molecule has 2 aromatic heterocycles. The van der Waals surface area contributed by atoms with Crippen LogP contribution in [0, 0.1) is 11.6 Å². The third kappa shape index (κ3) is 3.70. The van der Waals surface area contributed by atoms with E-state index in [1.54, 1.807) is 24.3 Å². The number of aromatic nitrogens is 1. The highest BCUT2D eigenvalue weighted by molar-refractivity contribution is 7.12. The van der Waals surface area contributed by atoms with Crippen LogP contribution >= 0.6 is 11.3 Å². The lowest BCUT2D eigenvalue weighted by Gasteiger charge is -2.08. The molecule has 4 nitrogen and oxygen atoms in total. The Balaban J connectivity index is 1.67. The van der Waals surface area contributed by atoms with Gasteiger partial charge in [0.2, 0.25) is 0 Å². The Kier molecular flexibility index (Phi) is 4.29. The summed E-state index contributed by atoms with van der Waals surface area (Å²) in [5, 5.41) is 7.39. The third-order valence-corrected chi connectivity index (χ3v) is 3.83. The molecule has 1 amide bonds. The number of nitrogens with one attached hydrogen (secondary N) is 2. The summed E-state index contributed by atoms with van der Waals surface area (Å²) in [4.78, 5) is 16.6. The molecule has 0 aliphatic rings. The maximum absolute atomic E-state index is 13.1. The molecule has 0 bridgehead atoms. The summed E-state index contributed by atoms with van der Waals surface area (Å²) in [6.07, 6.45) is 1.49. The van der Waals surface area contributed by atoms with Crippen LogP contribution in [0.15, 0.2) is 54.0 Å². The van der Waals surface area contributed by atoms with E-state index in [1.807, 2.05) is 5.38 Å². The van der Waals surface area contributed by atoms with Crippen molar-refractivity contribution in [1.29, 1.82) is 0 Å². The SMILES string of the molecule is O=C(Nc1ccc(Nc2ccc(F)c(F)c2)cn1)c1cccs1. The molecule has 0 unspecified atom stereocenters. The molecule has 0 aliphatic carbocycles. The van der Waals surface area contributed by atoms with Crippen molar-refractivity contribution in [3.8, 4) is 0 Å². The molecule has 3 rings (SSSR count). The first-order chi connectivity index (χ1) is 11.1. The average Bonchev–Trinajstić information content (AvgIpc) is 3.07. The van der Waals surface area contributed by atoms with Gasteiger partial charge in [-0.1, -0.05) is 6.07 Å². The highest BCUT2D eigenvalue weighted by Crippen LogP contribution is 2.19. The number of nitrogens with zero attached hydrogens (tertiary/aromatic N) is 1. The van der Waals surface area contributed by atoms with E-state index in [-0.39, 0.29) is 5.91 Å². The Morgan fingerprint density at radius 2 is 1.87 bits per heavy atom. The van der Waals surface area contributed by atoms with Crippen molar-refractivity contribution < 1.29 is 13.6 Å². The van der Waals surface area contributed by atoms with Gasteiger partial charge in [-0.05, 0) is 35.7 Å². The second-order valence-electron chi connectivity index (χ2n) is 4.62. The Labute approximate surface area is 134 Å². The van der Waals surface area contributed by atoms with E-state index in [4.69, 9.17) is 0 Å². The quantitative estimate of drug-likeness (QED) is 0.744.